The lowest BCUT2D eigenvalue weighted by atomic mass is 10.1. The first kappa shape index (κ1) is 16.7. The van der Waals surface area contributed by atoms with Crippen molar-refractivity contribution in [3.8, 4) is 0 Å². The highest BCUT2D eigenvalue weighted by Gasteiger charge is 2.09. The van der Waals surface area contributed by atoms with Crippen LogP contribution in [0.5, 0.6) is 0 Å². The molecule has 0 fully saturated rings. The fourth-order valence-corrected chi connectivity index (χ4v) is 1.34. The normalized spacial score (nSPS) is 10.4. The van der Waals surface area contributed by atoms with E-state index in [1.807, 2.05) is 6.08 Å². The number of benzene rings is 1. The van der Waals surface area contributed by atoms with Crippen LogP contribution in [-0.4, -0.2) is 22.5 Å². The number of carbonyl (C=O) groups is 1. The number of unbranched alkanes of at least 4 members (excludes halogenated alkanes) is 1. The van der Waals surface area contributed by atoms with Crippen molar-refractivity contribution in [3.63, 3.8) is 0 Å². The summed E-state index contributed by atoms with van der Waals surface area (Å²) in [6.07, 6.45) is 7.22. The van der Waals surface area contributed by atoms with Crippen LogP contribution in [-0.2, 0) is 0 Å². The summed E-state index contributed by atoms with van der Waals surface area (Å²) in [5.41, 5.74) is 6.65. The van der Waals surface area contributed by atoms with E-state index in [0.717, 1.165) is 12.8 Å². The Morgan fingerprint density at radius 2 is 2.16 bits per heavy atom. The number of nitrogens with two attached hydrogens (primary N) is 1. The minimum absolute atomic E-state index is 0.201. The zero-order valence-electron chi connectivity index (χ0n) is 11.2. The molecule has 0 radical (unpaired) electrons. The van der Waals surface area contributed by atoms with Crippen LogP contribution in [0.25, 0.3) is 0 Å². The first-order chi connectivity index (χ1) is 9.04. The van der Waals surface area contributed by atoms with Gasteiger partial charge in [-0.2, -0.15) is 0 Å². The number of hydrogen-bond donors (Lipinski definition) is 3. The van der Waals surface area contributed by atoms with Crippen molar-refractivity contribution < 1.29 is 15.1 Å². The third-order valence-corrected chi connectivity index (χ3v) is 2.26. The molecule has 4 N–H and O–H groups in total. The zero-order chi connectivity index (χ0) is 14.7. The number of oxime groups is 1. The molecular weight excluding hydrogens is 244 g/mol. The molecule has 0 aliphatic rings. The summed E-state index contributed by atoms with van der Waals surface area (Å²) in [5.74, 6) is -0.972. The number of rotatable bonds is 4. The Kier molecular flexibility index (Phi) is 8.53. The van der Waals surface area contributed by atoms with Crippen LogP contribution < -0.4 is 5.73 Å². The van der Waals surface area contributed by atoms with Crippen LogP contribution in [0.15, 0.2) is 35.5 Å². The molecule has 0 saturated carbocycles. The van der Waals surface area contributed by atoms with Crippen LogP contribution in [0, 0.1) is 6.92 Å². The summed E-state index contributed by atoms with van der Waals surface area (Å²) in [6, 6.07) is 5.04. The van der Waals surface area contributed by atoms with E-state index in [9.17, 15) is 4.79 Å². The summed E-state index contributed by atoms with van der Waals surface area (Å²) in [4.78, 5) is 10.6. The summed E-state index contributed by atoms with van der Waals surface area (Å²) in [5, 5.41) is 19.3. The predicted octanol–water partition coefficient (Wildman–Crippen LogP) is 3.08. The van der Waals surface area contributed by atoms with Gasteiger partial charge in [-0.05, 0) is 31.1 Å². The molecule has 104 valence electrons. The fourth-order valence-electron chi connectivity index (χ4n) is 1.34. The lowest BCUT2D eigenvalue weighted by Gasteiger charge is -2.02. The maximum atomic E-state index is 10.6. The van der Waals surface area contributed by atoms with Gasteiger partial charge in [-0.1, -0.05) is 36.7 Å². The quantitative estimate of drug-likeness (QED) is 0.337. The van der Waals surface area contributed by atoms with Crippen LogP contribution in [0.4, 0.5) is 5.69 Å². The molecule has 1 aromatic carbocycles. The van der Waals surface area contributed by atoms with Crippen molar-refractivity contribution in [2.24, 2.45) is 5.16 Å². The number of aryl methyl sites for hydroxylation is 1. The van der Waals surface area contributed by atoms with Crippen molar-refractivity contribution in [3.05, 3.63) is 41.5 Å². The Bertz CT molecular complexity index is 434. The van der Waals surface area contributed by atoms with E-state index < -0.39 is 5.97 Å². The minimum atomic E-state index is -0.972. The fraction of sp³-hybridized carbons (Fsp3) is 0.286. The molecule has 0 spiro atoms. The molecule has 19 heavy (non-hydrogen) atoms. The Balaban J connectivity index is 0.000000362. The number of anilines is 1. The highest BCUT2D eigenvalue weighted by molar-refractivity contribution is 5.95. The molecule has 1 aromatic rings. The van der Waals surface area contributed by atoms with E-state index in [1.165, 1.54) is 6.21 Å². The van der Waals surface area contributed by atoms with E-state index in [0.29, 0.717) is 11.3 Å². The molecule has 0 amide bonds. The lowest BCUT2D eigenvalue weighted by Crippen LogP contribution is -2.04. The van der Waals surface area contributed by atoms with Crippen molar-refractivity contribution in [1.29, 1.82) is 0 Å². The van der Waals surface area contributed by atoms with E-state index in [4.69, 9.17) is 16.0 Å². The standard InChI is InChI=1S/C8H9NO2.C6H11NO/c1-5-3-2-4-6(9)7(5)8(10)11;1-2-3-4-5-6-7-8/h2-4H,9H2,1H3,(H,10,11);4-6,8H,2-3H2,1H3/b;5-4-,7-6+. The third-order valence-electron chi connectivity index (χ3n) is 2.26. The van der Waals surface area contributed by atoms with Gasteiger partial charge in [0.25, 0.3) is 0 Å². The van der Waals surface area contributed by atoms with Crippen LogP contribution in [0.2, 0.25) is 0 Å². The van der Waals surface area contributed by atoms with Crippen LogP contribution >= 0.6 is 0 Å². The van der Waals surface area contributed by atoms with Gasteiger partial charge < -0.3 is 16.0 Å². The van der Waals surface area contributed by atoms with E-state index in [-0.39, 0.29) is 5.56 Å². The first-order valence-electron chi connectivity index (χ1n) is 5.95. The Labute approximate surface area is 113 Å². The summed E-state index contributed by atoms with van der Waals surface area (Å²) < 4.78 is 0. The maximum Gasteiger partial charge on any atom is 0.338 e. The minimum Gasteiger partial charge on any atom is -0.478 e. The SMILES string of the molecule is CCC/C=C\C=N\O.Cc1cccc(N)c1C(=O)O. The Morgan fingerprint density at radius 3 is 2.58 bits per heavy atom. The molecule has 5 nitrogen and oxygen atoms in total. The Morgan fingerprint density at radius 1 is 1.47 bits per heavy atom. The molecule has 0 unspecified atom stereocenters. The number of carboxylic acid groups (broad SMARTS) is 1. The molecule has 0 aliphatic carbocycles. The molecule has 5 heteroatoms. The number of nitrogens with zero attached hydrogens (tertiary/aromatic N) is 1. The van der Waals surface area contributed by atoms with E-state index in [1.54, 1.807) is 31.2 Å². The van der Waals surface area contributed by atoms with Crippen LogP contribution in [0.1, 0.15) is 35.7 Å². The van der Waals surface area contributed by atoms with Crippen molar-refractivity contribution >= 4 is 17.9 Å². The van der Waals surface area contributed by atoms with Crippen LogP contribution in [0.3, 0.4) is 0 Å². The third kappa shape index (κ3) is 6.88. The smallest absolute Gasteiger partial charge is 0.338 e. The molecule has 0 atom stereocenters. The largest absolute Gasteiger partial charge is 0.478 e. The average Bonchev–Trinajstić information content (AvgIpc) is 2.35. The second-order valence-electron chi connectivity index (χ2n) is 3.83. The predicted molar refractivity (Wildman–Crippen MR) is 76.9 cm³/mol. The number of nitrogen functional groups attached to an aromatic ring is 1. The van der Waals surface area contributed by atoms with Gasteiger partial charge in [0.1, 0.15) is 0 Å². The summed E-state index contributed by atoms with van der Waals surface area (Å²) in [7, 11) is 0. The van der Waals surface area contributed by atoms with E-state index in [2.05, 4.69) is 12.1 Å². The summed E-state index contributed by atoms with van der Waals surface area (Å²) >= 11 is 0. The maximum absolute atomic E-state index is 10.6. The van der Waals surface area contributed by atoms with Gasteiger partial charge in [0, 0.05) is 5.69 Å². The number of allylic oxidation sites excluding steroid dienone is 2. The molecule has 0 aliphatic heterocycles. The second-order valence-corrected chi connectivity index (χ2v) is 3.83. The van der Waals surface area contributed by atoms with Crippen molar-refractivity contribution in [2.45, 2.75) is 26.7 Å². The van der Waals surface area contributed by atoms with Gasteiger partial charge in [0.05, 0.1) is 11.8 Å². The number of aromatic carboxylic acids is 1. The molecular formula is C14H20N2O3. The first-order valence-corrected chi connectivity index (χ1v) is 5.95. The zero-order valence-corrected chi connectivity index (χ0v) is 11.2. The summed E-state index contributed by atoms with van der Waals surface area (Å²) in [6.45, 7) is 3.82. The van der Waals surface area contributed by atoms with Gasteiger partial charge in [0.15, 0.2) is 0 Å². The number of hydrogen-bond acceptors (Lipinski definition) is 4. The lowest BCUT2D eigenvalue weighted by molar-refractivity contribution is 0.0697. The van der Waals surface area contributed by atoms with E-state index >= 15 is 0 Å². The second kappa shape index (κ2) is 9.70. The molecule has 0 heterocycles. The van der Waals surface area contributed by atoms with Gasteiger partial charge in [-0.15, -0.1) is 0 Å². The molecule has 0 aromatic heterocycles. The Hall–Kier alpha value is -2.30. The highest BCUT2D eigenvalue weighted by Crippen LogP contribution is 2.15. The van der Waals surface area contributed by atoms with Gasteiger partial charge >= 0.3 is 5.97 Å². The van der Waals surface area contributed by atoms with Gasteiger partial charge in [-0.25, -0.2) is 4.79 Å². The monoisotopic (exact) mass is 264 g/mol. The van der Waals surface area contributed by atoms with Crippen molar-refractivity contribution in [2.75, 3.05) is 5.73 Å². The van der Waals surface area contributed by atoms with Gasteiger partial charge in [-0.3, -0.25) is 0 Å². The number of carboxylic acids is 1. The van der Waals surface area contributed by atoms with Crippen molar-refractivity contribution in [1.82, 2.24) is 0 Å². The van der Waals surface area contributed by atoms with Gasteiger partial charge in [0.2, 0.25) is 0 Å². The molecule has 0 saturated heterocycles. The average molecular weight is 264 g/mol. The molecule has 1 rings (SSSR count). The highest BCUT2D eigenvalue weighted by atomic mass is 16.4. The topological polar surface area (TPSA) is 95.9 Å². The molecule has 0 bridgehead atoms.